The van der Waals surface area contributed by atoms with Crippen molar-refractivity contribution in [1.82, 2.24) is 4.98 Å². The Kier molecular flexibility index (Phi) is 3.86. The molecule has 2 aromatic carbocycles. The van der Waals surface area contributed by atoms with E-state index in [0.29, 0.717) is 5.02 Å². The molecule has 0 fully saturated rings. The molecule has 3 heteroatoms. The molecule has 3 rings (SSSR count). The third-order valence-electron chi connectivity index (χ3n) is 2.97. The molecule has 1 nitrogen and oxygen atoms in total. The molecule has 0 N–H and O–H groups in total. The zero-order valence-corrected chi connectivity index (χ0v) is 12.9. The summed E-state index contributed by atoms with van der Waals surface area (Å²) in [5.41, 5.74) is 2.96. The normalized spacial score (nSPS) is 11.3. The maximum Gasteiger partial charge on any atom is 0.0724 e. The molecule has 0 amide bonds. The summed E-state index contributed by atoms with van der Waals surface area (Å²) in [7, 11) is 0. The predicted octanol–water partition coefficient (Wildman–Crippen LogP) is 5.82. The van der Waals surface area contributed by atoms with Crippen molar-refractivity contribution in [2.75, 3.05) is 0 Å². The predicted molar refractivity (Wildman–Crippen MR) is 89.8 cm³/mol. The number of rotatable bonds is 2. The highest BCUT2D eigenvalue weighted by molar-refractivity contribution is 9.10. The Labute approximate surface area is 131 Å². The van der Waals surface area contributed by atoms with Gasteiger partial charge in [0, 0.05) is 14.9 Å². The summed E-state index contributed by atoms with van der Waals surface area (Å²) in [4.78, 5) is 4.59. The van der Waals surface area contributed by atoms with Crippen LogP contribution >= 0.6 is 27.5 Å². The van der Waals surface area contributed by atoms with Crippen molar-refractivity contribution in [3.05, 3.63) is 75.4 Å². The van der Waals surface area contributed by atoms with E-state index in [4.69, 9.17) is 11.6 Å². The van der Waals surface area contributed by atoms with Gasteiger partial charge in [-0.15, -0.1) is 0 Å². The number of nitrogens with zero attached hydrogens (tertiary/aromatic N) is 1. The quantitative estimate of drug-likeness (QED) is 0.570. The molecule has 3 aromatic rings. The van der Waals surface area contributed by atoms with Crippen molar-refractivity contribution >= 4 is 50.6 Å². The summed E-state index contributed by atoms with van der Waals surface area (Å²) in [5, 5.41) is 1.80. The molecule has 20 heavy (non-hydrogen) atoms. The van der Waals surface area contributed by atoms with E-state index < -0.39 is 0 Å². The molecule has 0 aliphatic carbocycles. The van der Waals surface area contributed by atoms with Crippen LogP contribution in [0.25, 0.3) is 23.1 Å². The van der Waals surface area contributed by atoms with Gasteiger partial charge < -0.3 is 0 Å². The van der Waals surface area contributed by atoms with Crippen LogP contribution in [0.5, 0.6) is 0 Å². The van der Waals surface area contributed by atoms with E-state index >= 15 is 0 Å². The number of halogens is 2. The summed E-state index contributed by atoms with van der Waals surface area (Å²) in [6.07, 6.45) is 4.05. The van der Waals surface area contributed by atoms with E-state index in [9.17, 15) is 0 Å². The van der Waals surface area contributed by atoms with Crippen LogP contribution in [0.15, 0.2) is 59.1 Å². The van der Waals surface area contributed by atoms with Gasteiger partial charge in [-0.3, -0.25) is 0 Å². The van der Waals surface area contributed by atoms with E-state index in [1.807, 2.05) is 48.6 Å². The molecule has 0 atom stereocenters. The number of benzene rings is 2. The van der Waals surface area contributed by atoms with Gasteiger partial charge in [0.25, 0.3) is 0 Å². The van der Waals surface area contributed by atoms with Gasteiger partial charge in [0.2, 0.25) is 0 Å². The van der Waals surface area contributed by atoms with E-state index in [-0.39, 0.29) is 0 Å². The molecule has 0 aliphatic rings. The summed E-state index contributed by atoms with van der Waals surface area (Å²) >= 11 is 9.46. The summed E-state index contributed by atoms with van der Waals surface area (Å²) < 4.78 is 1.07. The van der Waals surface area contributed by atoms with Crippen molar-refractivity contribution in [3.8, 4) is 0 Å². The van der Waals surface area contributed by atoms with Crippen LogP contribution in [0.2, 0.25) is 5.02 Å². The fourth-order valence-corrected chi connectivity index (χ4v) is 2.57. The highest BCUT2D eigenvalue weighted by atomic mass is 79.9. The minimum absolute atomic E-state index is 0.707. The first-order valence-corrected chi connectivity index (χ1v) is 7.38. The Hall–Kier alpha value is -1.64. The number of hydrogen-bond donors (Lipinski definition) is 0. The average molecular weight is 345 g/mol. The number of pyridine rings is 1. The lowest BCUT2D eigenvalue weighted by Gasteiger charge is -2.00. The maximum absolute atomic E-state index is 6.00. The smallest absolute Gasteiger partial charge is 0.0724 e. The van der Waals surface area contributed by atoms with Gasteiger partial charge >= 0.3 is 0 Å². The zero-order chi connectivity index (χ0) is 13.9. The highest BCUT2D eigenvalue weighted by Crippen LogP contribution is 2.19. The molecule has 1 heterocycles. The lowest BCUT2D eigenvalue weighted by atomic mass is 10.1. The second-order valence-electron chi connectivity index (χ2n) is 4.46. The third kappa shape index (κ3) is 3.09. The fraction of sp³-hybridized carbons (Fsp3) is 0. The fourth-order valence-electron chi connectivity index (χ4n) is 1.99. The van der Waals surface area contributed by atoms with Crippen LogP contribution in [-0.2, 0) is 0 Å². The van der Waals surface area contributed by atoms with Crippen LogP contribution < -0.4 is 0 Å². The van der Waals surface area contributed by atoms with Gasteiger partial charge in [0.05, 0.1) is 11.2 Å². The summed E-state index contributed by atoms with van der Waals surface area (Å²) in [5.74, 6) is 0. The molecule has 0 unspecified atom stereocenters. The number of hydrogen-bond acceptors (Lipinski definition) is 1. The first-order chi connectivity index (χ1) is 9.70. The van der Waals surface area contributed by atoms with E-state index in [1.165, 1.54) is 0 Å². The van der Waals surface area contributed by atoms with E-state index in [1.54, 1.807) is 0 Å². The van der Waals surface area contributed by atoms with Gasteiger partial charge in [-0.05, 0) is 42.0 Å². The molecule has 0 radical (unpaired) electrons. The SMILES string of the molecule is Clc1ccc2ccc(/C=C/c3cccc(Br)c3)nc2c1. The Balaban J connectivity index is 1.94. The standard InChI is InChI=1S/C17H11BrClN/c18-14-3-1-2-12(10-14)4-8-16-9-6-13-5-7-15(19)11-17(13)20-16/h1-11H/b8-4+. The summed E-state index contributed by atoms with van der Waals surface area (Å²) in [6, 6.07) is 17.9. The molecule has 1 aromatic heterocycles. The van der Waals surface area contributed by atoms with Gasteiger partial charge in [-0.2, -0.15) is 0 Å². The monoisotopic (exact) mass is 343 g/mol. The Bertz CT molecular complexity index is 796. The van der Waals surface area contributed by atoms with Crippen molar-refractivity contribution in [1.29, 1.82) is 0 Å². The van der Waals surface area contributed by atoms with Crippen LogP contribution in [0.1, 0.15) is 11.3 Å². The first kappa shape index (κ1) is 13.3. The first-order valence-electron chi connectivity index (χ1n) is 6.21. The van der Waals surface area contributed by atoms with Gasteiger partial charge in [-0.1, -0.05) is 57.9 Å². The average Bonchev–Trinajstić information content (AvgIpc) is 2.45. The second-order valence-corrected chi connectivity index (χ2v) is 5.81. The van der Waals surface area contributed by atoms with Crippen molar-refractivity contribution in [3.63, 3.8) is 0 Å². The summed E-state index contributed by atoms with van der Waals surface area (Å²) in [6.45, 7) is 0. The van der Waals surface area contributed by atoms with E-state index in [0.717, 1.165) is 26.6 Å². The Morgan fingerprint density at radius 1 is 0.950 bits per heavy atom. The maximum atomic E-state index is 6.00. The minimum Gasteiger partial charge on any atom is -0.248 e. The lowest BCUT2D eigenvalue weighted by Crippen LogP contribution is -1.83. The zero-order valence-electron chi connectivity index (χ0n) is 10.6. The molecule has 0 saturated heterocycles. The Morgan fingerprint density at radius 2 is 1.80 bits per heavy atom. The van der Waals surface area contributed by atoms with Crippen molar-refractivity contribution in [2.24, 2.45) is 0 Å². The second kappa shape index (κ2) is 5.78. The largest absolute Gasteiger partial charge is 0.248 e. The van der Waals surface area contributed by atoms with Gasteiger partial charge in [-0.25, -0.2) is 4.98 Å². The van der Waals surface area contributed by atoms with Crippen LogP contribution in [0, 0.1) is 0 Å². The Morgan fingerprint density at radius 3 is 2.65 bits per heavy atom. The topological polar surface area (TPSA) is 12.9 Å². The number of aromatic nitrogens is 1. The molecule has 98 valence electrons. The molecular weight excluding hydrogens is 334 g/mol. The van der Waals surface area contributed by atoms with Gasteiger partial charge in [0.1, 0.15) is 0 Å². The van der Waals surface area contributed by atoms with Crippen molar-refractivity contribution in [2.45, 2.75) is 0 Å². The lowest BCUT2D eigenvalue weighted by molar-refractivity contribution is 1.37. The minimum atomic E-state index is 0.707. The van der Waals surface area contributed by atoms with Crippen LogP contribution in [-0.4, -0.2) is 4.98 Å². The van der Waals surface area contributed by atoms with E-state index in [2.05, 4.69) is 39.1 Å². The molecular formula is C17H11BrClN. The molecule has 0 spiro atoms. The highest BCUT2D eigenvalue weighted by Gasteiger charge is 1.97. The molecule has 0 saturated carbocycles. The number of fused-ring (bicyclic) bond motifs is 1. The van der Waals surface area contributed by atoms with Crippen LogP contribution in [0.3, 0.4) is 0 Å². The molecule has 0 bridgehead atoms. The van der Waals surface area contributed by atoms with Gasteiger partial charge in [0.15, 0.2) is 0 Å². The van der Waals surface area contributed by atoms with Crippen molar-refractivity contribution < 1.29 is 0 Å². The van der Waals surface area contributed by atoms with Crippen LogP contribution in [0.4, 0.5) is 0 Å². The molecule has 0 aliphatic heterocycles. The third-order valence-corrected chi connectivity index (χ3v) is 3.70.